The Morgan fingerprint density at radius 2 is 2.16 bits per heavy atom. The van der Waals surface area contributed by atoms with Gasteiger partial charge in [0.15, 0.2) is 5.84 Å². The smallest absolute Gasteiger partial charge is 0.255 e. The number of nitrogens with two attached hydrogens (primary N) is 1. The van der Waals surface area contributed by atoms with E-state index in [4.69, 9.17) is 10.9 Å². The Hall–Kier alpha value is -1.31. The number of hydrogen-bond donors (Lipinski definition) is 2. The summed E-state index contributed by atoms with van der Waals surface area (Å²) in [6.07, 6.45) is 0. The van der Waals surface area contributed by atoms with Gasteiger partial charge >= 0.3 is 0 Å². The minimum absolute atomic E-state index is 0.0183. The quantitative estimate of drug-likeness (QED) is 0.278. The molecule has 6 heteroatoms. The summed E-state index contributed by atoms with van der Waals surface area (Å²) in [6.45, 7) is 5.86. The van der Waals surface area contributed by atoms with E-state index in [2.05, 4.69) is 27.7 Å². The first kappa shape index (κ1) is 15.7. The fourth-order valence-electron chi connectivity index (χ4n) is 1.66. The summed E-state index contributed by atoms with van der Waals surface area (Å²) < 4.78 is 0.926. The summed E-state index contributed by atoms with van der Waals surface area (Å²) in [7, 11) is 0. The number of amidine groups is 1. The Balaban J connectivity index is 3.10. The maximum absolute atomic E-state index is 12.5. The van der Waals surface area contributed by atoms with Crippen molar-refractivity contribution in [3.05, 3.63) is 32.9 Å². The van der Waals surface area contributed by atoms with Gasteiger partial charge in [0.1, 0.15) is 0 Å². The first-order valence-electron chi connectivity index (χ1n) is 5.91. The van der Waals surface area contributed by atoms with Crippen LogP contribution in [0.15, 0.2) is 23.4 Å². The van der Waals surface area contributed by atoms with E-state index < -0.39 is 0 Å². The maximum atomic E-state index is 12.5. The number of nitrogens with zero attached hydrogens (tertiary/aromatic N) is 2. The Bertz CT molecular complexity index is 501. The summed E-state index contributed by atoms with van der Waals surface area (Å²) >= 11 is 2.16. The lowest BCUT2D eigenvalue weighted by molar-refractivity contribution is 0.0733. The van der Waals surface area contributed by atoms with E-state index >= 15 is 0 Å². The van der Waals surface area contributed by atoms with Gasteiger partial charge in [0.25, 0.3) is 5.91 Å². The minimum atomic E-state index is -0.116. The van der Waals surface area contributed by atoms with Gasteiger partial charge in [0.05, 0.1) is 12.1 Å². The Morgan fingerprint density at radius 1 is 1.53 bits per heavy atom. The van der Waals surface area contributed by atoms with E-state index in [9.17, 15) is 4.79 Å². The SMILES string of the molecule is Cc1cccc(C(=O)N(C/C(N)=N/O)C(C)C)c1I. The summed E-state index contributed by atoms with van der Waals surface area (Å²) in [4.78, 5) is 14.1. The van der Waals surface area contributed by atoms with Gasteiger partial charge in [-0.05, 0) is 55.0 Å². The van der Waals surface area contributed by atoms with E-state index in [0.717, 1.165) is 9.13 Å². The zero-order valence-electron chi connectivity index (χ0n) is 11.2. The van der Waals surface area contributed by atoms with E-state index in [1.54, 1.807) is 11.0 Å². The van der Waals surface area contributed by atoms with Crippen LogP contribution in [0.5, 0.6) is 0 Å². The molecule has 104 valence electrons. The molecule has 1 rings (SSSR count). The highest BCUT2D eigenvalue weighted by atomic mass is 127. The number of halogens is 1. The molecule has 1 aromatic rings. The van der Waals surface area contributed by atoms with Crippen molar-refractivity contribution in [3.63, 3.8) is 0 Å². The summed E-state index contributed by atoms with van der Waals surface area (Å²) in [5.41, 5.74) is 7.19. The first-order valence-corrected chi connectivity index (χ1v) is 6.98. The zero-order valence-corrected chi connectivity index (χ0v) is 13.4. The Kier molecular flexibility index (Phi) is 5.59. The molecule has 0 fully saturated rings. The maximum Gasteiger partial charge on any atom is 0.255 e. The highest BCUT2D eigenvalue weighted by molar-refractivity contribution is 14.1. The molecular formula is C13H18IN3O2. The van der Waals surface area contributed by atoms with E-state index in [1.165, 1.54) is 0 Å². The minimum Gasteiger partial charge on any atom is -0.409 e. The molecule has 5 nitrogen and oxygen atoms in total. The normalized spacial score (nSPS) is 11.7. The van der Waals surface area contributed by atoms with Crippen LogP contribution in [-0.2, 0) is 0 Å². The number of hydrogen-bond acceptors (Lipinski definition) is 3. The predicted molar refractivity (Wildman–Crippen MR) is 83.5 cm³/mol. The van der Waals surface area contributed by atoms with Crippen molar-refractivity contribution in [1.29, 1.82) is 0 Å². The van der Waals surface area contributed by atoms with Crippen LogP contribution in [0.25, 0.3) is 0 Å². The van der Waals surface area contributed by atoms with Crippen LogP contribution in [0.1, 0.15) is 29.8 Å². The molecule has 0 aromatic heterocycles. The van der Waals surface area contributed by atoms with E-state index in [-0.39, 0.29) is 24.3 Å². The Labute approximate surface area is 126 Å². The van der Waals surface area contributed by atoms with Gasteiger partial charge in [-0.2, -0.15) is 0 Å². The second-order valence-corrected chi connectivity index (χ2v) is 5.63. The standard InChI is InChI=1S/C13H18IN3O2/c1-8(2)17(7-11(15)16-19)13(18)10-6-4-5-9(3)12(10)14/h4-6,8,19H,7H2,1-3H3,(H2,15,16). The molecule has 0 atom stereocenters. The first-order chi connectivity index (χ1) is 8.88. The van der Waals surface area contributed by atoms with Crippen molar-refractivity contribution in [2.75, 3.05) is 6.54 Å². The van der Waals surface area contributed by atoms with E-state index in [1.807, 2.05) is 32.9 Å². The van der Waals surface area contributed by atoms with Gasteiger partial charge in [-0.25, -0.2) is 0 Å². The second kappa shape index (κ2) is 6.74. The molecule has 1 amide bonds. The lowest BCUT2D eigenvalue weighted by Gasteiger charge is -2.26. The second-order valence-electron chi connectivity index (χ2n) is 4.55. The summed E-state index contributed by atoms with van der Waals surface area (Å²) in [5.74, 6) is -0.0978. The fourth-order valence-corrected chi connectivity index (χ4v) is 2.25. The van der Waals surface area contributed by atoms with Crippen LogP contribution in [0.4, 0.5) is 0 Å². The van der Waals surface area contributed by atoms with Gasteiger partial charge in [-0.15, -0.1) is 0 Å². The summed E-state index contributed by atoms with van der Waals surface area (Å²) in [5, 5.41) is 11.6. The van der Waals surface area contributed by atoms with Gasteiger partial charge < -0.3 is 15.8 Å². The highest BCUT2D eigenvalue weighted by Gasteiger charge is 2.22. The number of carbonyl (C=O) groups is 1. The number of benzene rings is 1. The molecule has 0 radical (unpaired) electrons. The molecule has 0 unspecified atom stereocenters. The van der Waals surface area contributed by atoms with Crippen molar-refractivity contribution >= 4 is 34.3 Å². The number of oxime groups is 1. The molecule has 0 bridgehead atoms. The van der Waals surface area contributed by atoms with Gasteiger partial charge in [0.2, 0.25) is 0 Å². The van der Waals surface area contributed by atoms with Crippen LogP contribution in [-0.4, -0.2) is 34.4 Å². The van der Waals surface area contributed by atoms with Gasteiger partial charge in [-0.3, -0.25) is 4.79 Å². The van der Waals surface area contributed by atoms with Crippen molar-refractivity contribution in [3.8, 4) is 0 Å². The average molecular weight is 375 g/mol. The molecule has 19 heavy (non-hydrogen) atoms. The average Bonchev–Trinajstić information content (AvgIpc) is 2.37. The summed E-state index contributed by atoms with van der Waals surface area (Å²) in [6, 6.07) is 5.57. The molecule has 0 aliphatic heterocycles. The topological polar surface area (TPSA) is 78.9 Å². The van der Waals surface area contributed by atoms with Crippen molar-refractivity contribution in [2.24, 2.45) is 10.9 Å². The van der Waals surface area contributed by atoms with Crippen LogP contribution in [0.3, 0.4) is 0 Å². The lowest BCUT2D eigenvalue weighted by atomic mass is 10.1. The van der Waals surface area contributed by atoms with Crippen LogP contribution >= 0.6 is 22.6 Å². The highest BCUT2D eigenvalue weighted by Crippen LogP contribution is 2.19. The molecule has 3 N–H and O–H groups in total. The molecule has 0 aliphatic carbocycles. The van der Waals surface area contributed by atoms with Crippen LogP contribution in [0, 0.1) is 10.5 Å². The molecule has 0 spiro atoms. The largest absolute Gasteiger partial charge is 0.409 e. The molecule has 0 saturated heterocycles. The van der Waals surface area contributed by atoms with Crippen LogP contribution < -0.4 is 5.73 Å². The molecule has 0 saturated carbocycles. The zero-order chi connectivity index (χ0) is 14.6. The van der Waals surface area contributed by atoms with Gasteiger partial charge in [0, 0.05) is 9.61 Å². The van der Waals surface area contributed by atoms with Crippen molar-refractivity contribution in [2.45, 2.75) is 26.8 Å². The number of aryl methyl sites for hydroxylation is 1. The third kappa shape index (κ3) is 3.82. The van der Waals surface area contributed by atoms with Crippen molar-refractivity contribution in [1.82, 2.24) is 4.90 Å². The monoisotopic (exact) mass is 375 g/mol. The van der Waals surface area contributed by atoms with E-state index in [0.29, 0.717) is 5.56 Å². The third-order valence-electron chi connectivity index (χ3n) is 2.77. The third-order valence-corrected chi connectivity index (χ3v) is 4.20. The molecule has 0 heterocycles. The van der Waals surface area contributed by atoms with Gasteiger partial charge in [-0.1, -0.05) is 17.3 Å². The Morgan fingerprint density at radius 3 is 2.68 bits per heavy atom. The number of amides is 1. The lowest BCUT2D eigenvalue weighted by Crippen LogP contribution is -2.43. The van der Waals surface area contributed by atoms with Crippen LogP contribution in [0.2, 0.25) is 0 Å². The number of carbonyl (C=O) groups excluding carboxylic acids is 1. The molecule has 0 aliphatic rings. The fraction of sp³-hybridized carbons (Fsp3) is 0.385. The predicted octanol–water partition coefficient (Wildman–Crippen LogP) is 2.20. The molecule has 1 aromatic carbocycles. The number of rotatable bonds is 4. The van der Waals surface area contributed by atoms with Crippen molar-refractivity contribution < 1.29 is 10.0 Å². The molecular weight excluding hydrogens is 357 g/mol.